The fourth-order valence-corrected chi connectivity index (χ4v) is 4.97. The lowest BCUT2D eigenvalue weighted by molar-refractivity contribution is 0.0484. The van der Waals surface area contributed by atoms with E-state index in [1.54, 1.807) is 51.4 Å². The van der Waals surface area contributed by atoms with E-state index >= 15 is 0 Å². The molecule has 3 heterocycles. The van der Waals surface area contributed by atoms with E-state index in [1.165, 1.54) is 4.68 Å². The Morgan fingerprint density at radius 1 is 0.956 bits per heavy atom. The van der Waals surface area contributed by atoms with Gasteiger partial charge in [0.15, 0.2) is 0 Å². The van der Waals surface area contributed by atoms with Crippen LogP contribution in [0.25, 0.3) is 32.9 Å². The Kier molecular flexibility index (Phi) is 8.46. The SMILES string of the molecule is Cc1nn(C(=O)OC(C)(C)C)c2ccc(-c3cncc(OC[C@@H](Cc4c[nH]c5ccc(O)cc45)NC(=O)OC(C)(C)C)c3)cc12. The Morgan fingerprint density at radius 2 is 1.71 bits per heavy atom. The summed E-state index contributed by atoms with van der Waals surface area (Å²) < 4.78 is 18.5. The number of pyridine rings is 1. The largest absolute Gasteiger partial charge is 0.508 e. The van der Waals surface area contributed by atoms with Crippen LogP contribution in [0.4, 0.5) is 9.59 Å². The van der Waals surface area contributed by atoms with Gasteiger partial charge in [-0.2, -0.15) is 9.78 Å². The number of hydrogen-bond acceptors (Lipinski definition) is 8. The molecule has 1 amide bonds. The lowest BCUT2D eigenvalue weighted by Crippen LogP contribution is -2.43. The molecule has 0 spiro atoms. The molecular formula is C34H39N5O6. The van der Waals surface area contributed by atoms with Gasteiger partial charge in [0.05, 0.1) is 23.4 Å². The van der Waals surface area contributed by atoms with E-state index in [-0.39, 0.29) is 12.4 Å². The molecule has 0 unspecified atom stereocenters. The number of nitrogens with zero attached hydrogens (tertiary/aromatic N) is 3. The van der Waals surface area contributed by atoms with Crippen LogP contribution in [0.2, 0.25) is 0 Å². The summed E-state index contributed by atoms with van der Waals surface area (Å²) in [7, 11) is 0. The fourth-order valence-electron chi connectivity index (χ4n) is 4.97. The molecule has 1 atom stereocenters. The van der Waals surface area contributed by atoms with Crippen molar-refractivity contribution < 1.29 is 28.9 Å². The molecule has 0 aliphatic rings. The molecule has 0 saturated carbocycles. The van der Waals surface area contributed by atoms with Crippen LogP contribution in [0.5, 0.6) is 11.5 Å². The smallest absolute Gasteiger partial charge is 0.435 e. The number of aromatic hydroxyl groups is 1. The molecule has 45 heavy (non-hydrogen) atoms. The van der Waals surface area contributed by atoms with E-state index in [1.807, 2.05) is 58.2 Å². The van der Waals surface area contributed by atoms with E-state index in [0.717, 1.165) is 33.0 Å². The first-order chi connectivity index (χ1) is 21.1. The highest BCUT2D eigenvalue weighted by atomic mass is 16.6. The number of aromatic amines is 1. The monoisotopic (exact) mass is 613 g/mol. The van der Waals surface area contributed by atoms with E-state index in [2.05, 4.69) is 20.4 Å². The van der Waals surface area contributed by atoms with Crippen LogP contribution in [0.1, 0.15) is 52.8 Å². The number of alkyl carbamates (subject to hydrolysis) is 1. The molecule has 0 radical (unpaired) electrons. The molecule has 0 aliphatic heterocycles. The predicted octanol–water partition coefficient (Wildman–Crippen LogP) is 6.89. The van der Waals surface area contributed by atoms with Crippen molar-refractivity contribution in [1.29, 1.82) is 0 Å². The van der Waals surface area contributed by atoms with E-state index in [9.17, 15) is 14.7 Å². The third-order valence-corrected chi connectivity index (χ3v) is 6.87. The minimum absolute atomic E-state index is 0.136. The van der Waals surface area contributed by atoms with E-state index < -0.39 is 29.4 Å². The lowest BCUT2D eigenvalue weighted by Gasteiger charge is -2.24. The van der Waals surface area contributed by atoms with Crippen LogP contribution in [-0.2, 0) is 15.9 Å². The third kappa shape index (κ3) is 7.72. The average molecular weight is 614 g/mol. The molecule has 5 rings (SSSR count). The van der Waals surface area contributed by atoms with Crippen molar-refractivity contribution in [2.45, 2.75) is 72.1 Å². The zero-order valence-corrected chi connectivity index (χ0v) is 26.6. The zero-order valence-electron chi connectivity index (χ0n) is 26.6. The van der Waals surface area contributed by atoms with Gasteiger partial charge in [-0.25, -0.2) is 9.59 Å². The van der Waals surface area contributed by atoms with Crippen LogP contribution in [-0.4, -0.2) is 60.9 Å². The Labute approximate surface area is 261 Å². The molecule has 3 N–H and O–H groups in total. The zero-order chi connectivity index (χ0) is 32.5. The van der Waals surface area contributed by atoms with Crippen molar-refractivity contribution in [3.63, 3.8) is 0 Å². The molecule has 0 fully saturated rings. The number of hydrogen-bond donors (Lipinski definition) is 3. The Morgan fingerprint density at radius 3 is 2.44 bits per heavy atom. The van der Waals surface area contributed by atoms with Gasteiger partial charge in [-0.15, -0.1) is 0 Å². The van der Waals surface area contributed by atoms with Crippen molar-refractivity contribution in [2.24, 2.45) is 0 Å². The summed E-state index contributed by atoms with van der Waals surface area (Å²) in [5.41, 5.74) is 3.50. The Balaban J connectivity index is 1.36. The number of carbonyl (C=O) groups is 2. The molecule has 2 aromatic carbocycles. The van der Waals surface area contributed by atoms with Gasteiger partial charge in [-0.3, -0.25) is 4.98 Å². The van der Waals surface area contributed by atoms with Crippen LogP contribution in [0.3, 0.4) is 0 Å². The number of aryl methyl sites for hydroxylation is 1. The number of fused-ring (bicyclic) bond motifs is 2. The maximum atomic E-state index is 12.7. The highest BCUT2D eigenvalue weighted by Crippen LogP contribution is 2.29. The minimum atomic E-state index is -0.664. The number of H-pyrrole nitrogens is 1. The molecule has 5 aromatic rings. The fraction of sp³-hybridized carbons (Fsp3) is 0.353. The number of carbonyl (C=O) groups excluding carboxylic acids is 2. The summed E-state index contributed by atoms with van der Waals surface area (Å²) in [6.45, 7) is 12.8. The molecule has 3 aromatic heterocycles. The molecule has 236 valence electrons. The number of phenolic OH excluding ortho intramolecular Hbond substituents is 1. The molecule has 11 nitrogen and oxygen atoms in total. The summed E-state index contributed by atoms with van der Waals surface area (Å²) in [5.74, 6) is 0.672. The predicted molar refractivity (Wildman–Crippen MR) is 172 cm³/mol. The normalized spacial score (nSPS) is 12.7. The van der Waals surface area contributed by atoms with Gasteiger partial charge in [0, 0.05) is 34.2 Å². The van der Waals surface area contributed by atoms with E-state index in [4.69, 9.17) is 14.2 Å². The first-order valence-electron chi connectivity index (χ1n) is 14.7. The summed E-state index contributed by atoms with van der Waals surface area (Å²) >= 11 is 0. The van der Waals surface area contributed by atoms with Crippen molar-refractivity contribution >= 4 is 34.0 Å². The van der Waals surface area contributed by atoms with Gasteiger partial charge in [0.2, 0.25) is 0 Å². The maximum Gasteiger partial charge on any atom is 0.435 e. The van der Waals surface area contributed by atoms with Crippen LogP contribution >= 0.6 is 0 Å². The standard InChI is InChI=1S/C34H39N5O6/c1-20-27-14-21(8-11-30(27)39(38-20)32(42)45-34(5,6)7)22-13-26(18-35-16-22)43-19-24(37-31(41)44-33(2,3)4)12-23-17-36-29-10-9-25(40)15-28(23)29/h8-11,13-18,24,36,40H,12,19H2,1-7H3,(H,37,41)/t24-/m1/s1. The van der Waals surface area contributed by atoms with Crippen molar-refractivity contribution in [3.8, 4) is 22.6 Å². The number of benzene rings is 2. The van der Waals surface area contributed by atoms with Gasteiger partial charge in [-0.1, -0.05) is 6.07 Å². The first kappa shape index (κ1) is 31.4. The number of rotatable bonds is 7. The number of phenols is 1. The van der Waals surface area contributed by atoms with Gasteiger partial charge >= 0.3 is 12.2 Å². The van der Waals surface area contributed by atoms with Crippen LogP contribution in [0, 0.1) is 6.92 Å². The third-order valence-electron chi connectivity index (χ3n) is 6.87. The second-order valence-corrected chi connectivity index (χ2v) is 13.0. The van der Waals surface area contributed by atoms with Gasteiger partial charge in [0.25, 0.3) is 0 Å². The number of ether oxygens (including phenoxy) is 3. The highest BCUT2D eigenvalue weighted by molar-refractivity contribution is 5.92. The molecule has 11 heteroatoms. The van der Waals surface area contributed by atoms with Crippen molar-refractivity contribution in [3.05, 3.63) is 72.3 Å². The van der Waals surface area contributed by atoms with Crippen molar-refractivity contribution in [2.75, 3.05) is 6.61 Å². The molecule has 0 aliphatic carbocycles. The second-order valence-electron chi connectivity index (χ2n) is 13.0. The summed E-state index contributed by atoms with van der Waals surface area (Å²) in [4.78, 5) is 33.1. The van der Waals surface area contributed by atoms with Gasteiger partial charge in [-0.05, 0) is 102 Å². The lowest BCUT2D eigenvalue weighted by atomic mass is 10.0. The van der Waals surface area contributed by atoms with Gasteiger partial charge < -0.3 is 29.6 Å². The van der Waals surface area contributed by atoms with Crippen molar-refractivity contribution in [1.82, 2.24) is 25.1 Å². The number of nitrogens with one attached hydrogen (secondary N) is 2. The highest BCUT2D eigenvalue weighted by Gasteiger charge is 2.23. The Hall–Kier alpha value is -5.06. The average Bonchev–Trinajstić information content (AvgIpc) is 3.49. The molecular weight excluding hydrogens is 574 g/mol. The second kappa shape index (κ2) is 12.1. The Bertz CT molecular complexity index is 1860. The molecule has 0 saturated heterocycles. The summed E-state index contributed by atoms with van der Waals surface area (Å²) in [5, 5.41) is 19.0. The molecule has 0 bridgehead atoms. The van der Waals surface area contributed by atoms with Crippen LogP contribution in [0.15, 0.2) is 61.1 Å². The number of aromatic nitrogens is 4. The first-order valence-corrected chi connectivity index (χ1v) is 14.7. The quantitative estimate of drug-likeness (QED) is 0.180. The maximum absolute atomic E-state index is 12.7. The summed E-state index contributed by atoms with van der Waals surface area (Å²) in [6.07, 6.45) is 4.54. The topological polar surface area (TPSA) is 141 Å². The minimum Gasteiger partial charge on any atom is -0.508 e. The number of amides is 1. The van der Waals surface area contributed by atoms with E-state index in [0.29, 0.717) is 23.4 Å². The van der Waals surface area contributed by atoms with Gasteiger partial charge in [0.1, 0.15) is 29.3 Å². The van der Waals surface area contributed by atoms with Crippen LogP contribution < -0.4 is 10.1 Å². The summed E-state index contributed by atoms with van der Waals surface area (Å²) in [6, 6.07) is 12.2.